The summed E-state index contributed by atoms with van der Waals surface area (Å²) >= 11 is 0. The zero-order chi connectivity index (χ0) is 24.9. The minimum Gasteiger partial charge on any atom is -0.310 e. The molecule has 6 rings (SSSR count). The average molecular weight is 476 g/mol. The number of nitrogens with zero attached hydrogens (tertiary/aromatic N) is 3. The first-order chi connectivity index (χ1) is 18.4. The summed E-state index contributed by atoms with van der Waals surface area (Å²) in [6.07, 6.45) is 5.54. The molecule has 4 aromatic carbocycles. The first-order valence-corrected chi connectivity index (χ1v) is 12.3. The summed E-state index contributed by atoms with van der Waals surface area (Å²) in [5, 5.41) is 0. The van der Waals surface area contributed by atoms with E-state index in [9.17, 15) is 0 Å². The van der Waals surface area contributed by atoms with E-state index in [1.165, 1.54) is 11.1 Å². The molecule has 176 valence electrons. The topological polar surface area (TPSA) is 29.0 Å². The van der Waals surface area contributed by atoms with E-state index in [0.717, 1.165) is 39.4 Å². The van der Waals surface area contributed by atoms with Crippen molar-refractivity contribution in [2.24, 2.45) is 0 Å². The third-order valence-electron chi connectivity index (χ3n) is 6.42. The third-order valence-corrected chi connectivity index (χ3v) is 6.42. The van der Waals surface area contributed by atoms with E-state index in [1.54, 1.807) is 6.20 Å². The fourth-order valence-corrected chi connectivity index (χ4v) is 4.63. The van der Waals surface area contributed by atoms with Crippen molar-refractivity contribution in [2.45, 2.75) is 0 Å². The molecule has 6 aromatic rings. The highest BCUT2D eigenvalue weighted by atomic mass is 15.1. The number of rotatable bonds is 6. The summed E-state index contributed by atoms with van der Waals surface area (Å²) in [6, 6.07) is 46.4. The van der Waals surface area contributed by atoms with Gasteiger partial charge in [-0.15, -0.1) is 0 Å². The van der Waals surface area contributed by atoms with E-state index < -0.39 is 0 Å². The lowest BCUT2D eigenvalue weighted by Gasteiger charge is -2.28. The van der Waals surface area contributed by atoms with Crippen molar-refractivity contribution in [2.75, 3.05) is 4.90 Å². The number of anilines is 3. The van der Waals surface area contributed by atoms with Gasteiger partial charge >= 0.3 is 0 Å². The maximum atomic E-state index is 4.52. The molecule has 0 amide bonds. The Balaban J connectivity index is 1.51. The van der Waals surface area contributed by atoms with Crippen LogP contribution in [0.2, 0.25) is 0 Å². The van der Waals surface area contributed by atoms with Crippen LogP contribution in [-0.2, 0) is 0 Å². The number of para-hydroxylation sites is 1. The van der Waals surface area contributed by atoms with E-state index in [1.807, 2.05) is 36.7 Å². The van der Waals surface area contributed by atoms with Crippen molar-refractivity contribution in [3.8, 4) is 33.5 Å². The number of benzene rings is 4. The van der Waals surface area contributed by atoms with Crippen LogP contribution in [0.3, 0.4) is 0 Å². The average Bonchev–Trinajstić information content (AvgIpc) is 2.99. The molecule has 2 heterocycles. The Bertz CT molecular complexity index is 1600. The zero-order valence-electron chi connectivity index (χ0n) is 20.3. The van der Waals surface area contributed by atoms with Crippen LogP contribution >= 0.6 is 0 Å². The number of hydrogen-bond acceptors (Lipinski definition) is 3. The Morgan fingerprint density at radius 1 is 0.459 bits per heavy atom. The van der Waals surface area contributed by atoms with Gasteiger partial charge in [-0.1, -0.05) is 84.9 Å². The molecule has 0 aliphatic heterocycles. The number of pyridine rings is 2. The Hall–Kier alpha value is -5.02. The third kappa shape index (κ3) is 4.75. The first kappa shape index (κ1) is 22.4. The molecule has 0 fully saturated rings. The minimum atomic E-state index is 0.962. The van der Waals surface area contributed by atoms with Crippen LogP contribution < -0.4 is 4.90 Å². The normalized spacial score (nSPS) is 10.7. The lowest BCUT2D eigenvalue weighted by molar-refractivity contribution is 1.27. The lowest BCUT2D eigenvalue weighted by Crippen LogP contribution is -2.11. The number of hydrogen-bond donors (Lipinski definition) is 0. The summed E-state index contributed by atoms with van der Waals surface area (Å²) in [5.74, 6) is 0. The fraction of sp³-hybridized carbons (Fsp3) is 0. The van der Waals surface area contributed by atoms with Crippen LogP contribution in [0.4, 0.5) is 17.1 Å². The second-order valence-corrected chi connectivity index (χ2v) is 8.77. The van der Waals surface area contributed by atoms with Gasteiger partial charge in [-0.2, -0.15) is 0 Å². The molecule has 0 saturated carbocycles. The maximum Gasteiger partial charge on any atom is 0.0701 e. The van der Waals surface area contributed by atoms with Crippen LogP contribution in [0.5, 0.6) is 0 Å². The molecule has 3 nitrogen and oxygen atoms in total. The van der Waals surface area contributed by atoms with Crippen molar-refractivity contribution in [1.82, 2.24) is 9.97 Å². The molecule has 2 aromatic heterocycles. The SMILES string of the molecule is c1ccc(-c2ccccc2N(c2ccc(-c3ccccn3)cc2)c2cccc(-c3cccnc3)c2)cc1. The van der Waals surface area contributed by atoms with Gasteiger partial charge in [0.2, 0.25) is 0 Å². The summed E-state index contributed by atoms with van der Waals surface area (Å²) in [5.41, 5.74) is 9.88. The van der Waals surface area contributed by atoms with Gasteiger partial charge < -0.3 is 4.90 Å². The van der Waals surface area contributed by atoms with Gasteiger partial charge in [0, 0.05) is 46.7 Å². The molecule has 0 aliphatic carbocycles. The first-order valence-electron chi connectivity index (χ1n) is 12.3. The highest BCUT2D eigenvalue weighted by Gasteiger charge is 2.17. The van der Waals surface area contributed by atoms with Crippen LogP contribution in [0.15, 0.2) is 152 Å². The van der Waals surface area contributed by atoms with E-state index in [0.29, 0.717) is 0 Å². The van der Waals surface area contributed by atoms with Crippen molar-refractivity contribution >= 4 is 17.1 Å². The van der Waals surface area contributed by atoms with Crippen LogP contribution in [0, 0.1) is 0 Å². The monoisotopic (exact) mass is 475 g/mol. The summed E-state index contributed by atoms with van der Waals surface area (Å²) in [6.45, 7) is 0. The molecule has 37 heavy (non-hydrogen) atoms. The van der Waals surface area contributed by atoms with Gasteiger partial charge in [-0.05, 0) is 59.7 Å². The van der Waals surface area contributed by atoms with Crippen LogP contribution in [0.1, 0.15) is 0 Å². The van der Waals surface area contributed by atoms with Gasteiger partial charge in [0.15, 0.2) is 0 Å². The molecule has 0 radical (unpaired) electrons. The smallest absolute Gasteiger partial charge is 0.0701 e. The van der Waals surface area contributed by atoms with Gasteiger partial charge in [0.25, 0.3) is 0 Å². The Kier molecular flexibility index (Phi) is 6.25. The second-order valence-electron chi connectivity index (χ2n) is 8.77. The molecule has 3 heteroatoms. The molecule has 0 spiro atoms. The zero-order valence-corrected chi connectivity index (χ0v) is 20.3. The molecule has 0 aliphatic rings. The van der Waals surface area contributed by atoms with Crippen LogP contribution in [0.25, 0.3) is 33.5 Å². The summed E-state index contributed by atoms with van der Waals surface area (Å²) < 4.78 is 0. The molecule has 0 N–H and O–H groups in total. The highest BCUT2D eigenvalue weighted by molar-refractivity contribution is 5.89. The van der Waals surface area contributed by atoms with Crippen molar-refractivity contribution in [3.05, 3.63) is 152 Å². The predicted octanol–water partition coefficient (Wildman–Crippen LogP) is 8.95. The number of aromatic nitrogens is 2. The largest absolute Gasteiger partial charge is 0.310 e. The predicted molar refractivity (Wildman–Crippen MR) is 153 cm³/mol. The molecular formula is C34H25N3. The Labute approximate surface area is 217 Å². The molecule has 0 bridgehead atoms. The highest BCUT2D eigenvalue weighted by Crippen LogP contribution is 2.41. The quantitative estimate of drug-likeness (QED) is 0.241. The molecule has 0 atom stereocenters. The second kappa shape index (κ2) is 10.3. The summed E-state index contributed by atoms with van der Waals surface area (Å²) in [7, 11) is 0. The molecule has 0 saturated heterocycles. The van der Waals surface area contributed by atoms with E-state index in [4.69, 9.17) is 0 Å². The molecular weight excluding hydrogens is 450 g/mol. The lowest BCUT2D eigenvalue weighted by atomic mass is 10.0. The van der Waals surface area contributed by atoms with E-state index in [-0.39, 0.29) is 0 Å². The van der Waals surface area contributed by atoms with Gasteiger partial charge in [0.05, 0.1) is 11.4 Å². The maximum absolute atomic E-state index is 4.52. The van der Waals surface area contributed by atoms with E-state index in [2.05, 4.69) is 124 Å². The van der Waals surface area contributed by atoms with Gasteiger partial charge in [-0.25, -0.2) is 0 Å². The Morgan fingerprint density at radius 2 is 1.22 bits per heavy atom. The van der Waals surface area contributed by atoms with Crippen molar-refractivity contribution in [3.63, 3.8) is 0 Å². The van der Waals surface area contributed by atoms with Gasteiger partial charge in [-0.3, -0.25) is 9.97 Å². The minimum absolute atomic E-state index is 0.962. The van der Waals surface area contributed by atoms with Crippen LogP contribution in [-0.4, -0.2) is 9.97 Å². The van der Waals surface area contributed by atoms with E-state index >= 15 is 0 Å². The van der Waals surface area contributed by atoms with Crippen molar-refractivity contribution in [1.29, 1.82) is 0 Å². The molecule has 0 unspecified atom stereocenters. The summed E-state index contributed by atoms with van der Waals surface area (Å²) in [4.78, 5) is 11.2. The Morgan fingerprint density at radius 3 is 2.00 bits per heavy atom. The standard InChI is InChI=1S/C34H25N3/c1-2-10-26(11-3-1)32-15-4-5-17-34(32)37(30-20-18-27(19-21-30)33-16-6-7-23-36-33)31-14-8-12-28(24-31)29-13-9-22-35-25-29/h1-25H. The fourth-order valence-electron chi connectivity index (χ4n) is 4.63. The van der Waals surface area contributed by atoms with Crippen molar-refractivity contribution < 1.29 is 0 Å². The van der Waals surface area contributed by atoms with Gasteiger partial charge in [0.1, 0.15) is 0 Å².